The average molecular weight is 214 g/mol. The molecule has 2 nitrogen and oxygen atoms in total. The third kappa shape index (κ3) is 1.74. The van der Waals surface area contributed by atoms with Crippen molar-refractivity contribution in [3.05, 3.63) is 60.1 Å². The molecule has 1 aliphatic heterocycles. The van der Waals surface area contributed by atoms with Gasteiger partial charge in [0.15, 0.2) is 23.0 Å². The van der Waals surface area contributed by atoms with Crippen LogP contribution in [-0.2, 0) is 0 Å². The van der Waals surface area contributed by atoms with Crippen molar-refractivity contribution in [2.75, 3.05) is 0 Å². The summed E-state index contributed by atoms with van der Waals surface area (Å²) in [4.78, 5) is 0. The number of allylic oxidation sites excluding steroid dienone is 2. The van der Waals surface area contributed by atoms with Crippen molar-refractivity contribution < 1.29 is 9.47 Å². The Kier molecular flexibility index (Phi) is 2.57. The van der Waals surface area contributed by atoms with Gasteiger partial charge >= 0.3 is 0 Å². The van der Waals surface area contributed by atoms with Gasteiger partial charge in [0.25, 0.3) is 0 Å². The van der Waals surface area contributed by atoms with Crippen LogP contribution in [0, 0.1) is 0 Å². The lowest BCUT2D eigenvalue weighted by molar-refractivity contribution is 0.307. The van der Waals surface area contributed by atoms with Gasteiger partial charge in [-0.15, -0.1) is 0 Å². The minimum absolute atomic E-state index is 0.659. The topological polar surface area (TPSA) is 18.5 Å². The maximum absolute atomic E-state index is 5.76. The first kappa shape index (κ1) is 10.6. The third-order valence-electron chi connectivity index (χ3n) is 2.25. The quantitative estimate of drug-likeness (QED) is 0.745. The molecule has 1 aromatic carbocycles. The Morgan fingerprint density at radius 2 is 1.25 bits per heavy atom. The average Bonchev–Trinajstić information content (AvgIpc) is 2.27. The summed E-state index contributed by atoms with van der Waals surface area (Å²) in [6, 6.07) is 7.55. The van der Waals surface area contributed by atoms with E-state index in [9.17, 15) is 0 Å². The second-order valence-corrected chi connectivity index (χ2v) is 3.87. The molecule has 0 fully saturated rings. The molecule has 0 amide bonds. The van der Waals surface area contributed by atoms with Crippen LogP contribution in [0.3, 0.4) is 0 Å². The van der Waals surface area contributed by atoms with Gasteiger partial charge in [-0.3, -0.25) is 0 Å². The second kappa shape index (κ2) is 3.89. The number of ether oxygens (including phenoxy) is 2. The smallest absolute Gasteiger partial charge is 0.172 e. The first-order valence-electron chi connectivity index (χ1n) is 5.10. The van der Waals surface area contributed by atoms with E-state index in [0.717, 1.165) is 11.1 Å². The van der Waals surface area contributed by atoms with Crippen molar-refractivity contribution in [2.24, 2.45) is 0 Å². The molecule has 1 aliphatic rings. The normalized spacial score (nSPS) is 13.6. The number of hydrogen-bond donors (Lipinski definition) is 0. The third-order valence-corrected chi connectivity index (χ3v) is 2.25. The van der Waals surface area contributed by atoms with Crippen LogP contribution in [0.1, 0.15) is 13.8 Å². The fourth-order valence-corrected chi connectivity index (χ4v) is 1.49. The monoisotopic (exact) mass is 214 g/mol. The number of fused-ring (bicyclic) bond motifs is 1. The largest absolute Gasteiger partial charge is 0.449 e. The highest BCUT2D eigenvalue weighted by Gasteiger charge is 2.21. The molecule has 2 rings (SSSR count). The summed E-state index contributed by atoms with van der Waals surface area (Å²) in [6.07, 6.45) is 0. The van der Waals surface area contributed by atoms with Crippen molar-refractivity contribution in [1.82, 2.24) is 0 Å². The predicted molar refractivity (Wildman–Crippen MR) is 64.4 cm³/mol. The van der Waals surface area contributed by atoms with E-state index in [2.05, 4.69) is 13.2 Å². The molecule has 0 saturated heterocycles. The van der Waals surface area contributed by atoms with Gasteiger partial charge in [-0.2, -0.15) is 0 Å². The predicted octanol–water partition coefficient (Wildman–Crippen LogP) is 3.82. The number of rotatable bonds is 2. The van der Waals surface area contributed by atoms with E-state index in [1.807, 2.05) is 38.1 Å². The van der Waals surface area contributed by atoms with Crippen LogP contribution >= 0.6 is 0 Å². The van der Waals surface area contributed by atoms with Gasteiger partial charge in [0.1, 0.15) is 0 Å². The van der Waals surface area contributed by atoms with Crippen molar-refractivity contribution >= 4 is 0 Å². The van der Waals surface area contributed by atoms with Gasteiger partial charge in [0, 0.05) is 0 Å². The molecule has 16 heavy (non-hydrogen) atoms. The van der Waals surface area contributed by atoms with Crippen LogP contribution in [-0.4, -0.2) is 0 Å². The van der Waals surface area contributed by atoms with E-state index in [4.69, 9.17) is 9.47 Å². The van der Waals surface area contributed by atoms with Crippen molar-refractivity contribution in [3.8, 4) is 11.5 Å². The van der Waals surface area contributed by atoms with Gasteiger partial charge in [0.2, 0.25) is 0 Å². The SMILES string of the molecule is C=C(C)C1=C(C(=C)C)Oc2ccccc2O1. The minimum atomic E-state index is 0.659. The Bertz CT molecular complexity index is 450. The van der Waals surface area contributed by atoms with Crippen LogP contribution < -0.4 is 9.47 Å². The van der Waals surface area contributed by atoms with Gasteiger partial charge in [-0.05, 0) is 37.1 Å². The summed E-state index contributed by atoms with van der Waals surface area (Å²) in [5.41, 5.74) is 1.65. The summed E-state index contributed by atoms with van der Waals surface area (Å²) < 4.78 is 11.5. The number of para-hydroxylation sites is 2. The van der Waals surface area contributed by atoms with Crippen LogP contribution in [0.25, 0.3) is 0 Å². The Labute approximate surface area is 95.5 Å². The first-order chi connectivity index (χ1) is 7.59. The van der Waals surface area contributed by atoms with Gasteiger partial charge in [0.05, 0.1) is 0 Å². The van der Waals surface area contributed by atoms with E-state index in [0.29, 0.717) is 23.0 Å². The van der Waals surface area contributed by atoms with Crippen LogP contribution in [0.5, 0.6) is 11.5 Å². The van der Waals surface area contributed by atoms with Crippen molar-refractivity contribution in [3.63, 3.8) is 0 Å². The Balaban J connectivity index is 2.49. The molecule has 0 radical (unpaired) electrons. The molecule has 1 heterocycles. The van der Waals surface area contributed by atoms with Crippen LogP contribution in [0.4, 0.5) is 0 Å². The molecule has 0 bridgehead atoms. The maximum Gasteiger partial charge on any atom is 0.172 e. The maximum atomic E-state index is 5.76. The first-order valence-corrected chi connectivity index (χ1v) is 5.10. The molecule has 82 valence electrons. The zero-order chi connectivity index (χ0) is 11.7. The molecule has 0 unspecified atom stereocenters. The summed E-state index contributed by atoms with van der Waals surface area (Å²) in [7, 11) is 0. The minimum Gasteiger partial charge on any atom is -0.449 e. The van der Waals surface area contributed by atoms with Gasteiger partial charge in [-0.1, -0.05) is 25.3 Å². The van der Waals surface area contributed by atoms with E-state index in [1.54, 1.807) is 0 Å². The highest BCUT2D eigenvalue weighted by atomic mass is 16.6. The zero-order valence-corrected chi connectivity index (χ0v) is 9.54. The molecule has 2 heteroatoms. The molecule has 0 aliphatic carbocycles. The molecule has 0 aromatic heterocycles. The highest BCUT2D eigenvalue weighted by molar-refractivity contribution is 5.49. The second-order valence-electron chi connectivity index (χ2n) is 3.87. The summed E-state index contributed by atoms with van der Waals surface area (Å²) in [5, 5.41) is 0. The Morgan fingerprint density at radius 1 is 0.875 bits per heavy atom. The lowest BCUT2D eigenvalue weighted by Crippen LogP contribution is -2.13. The fraction of sp³-hybridized carbons (Fsp3) is 0.143. The standard InChI is InChI=1S/C14H14O2/c1-9(2)13-14(10(3)4)16-12-8-6-5-7-11(12)15-13/h5-8H,1,3H2,2,4H3. The molecule has 1 aromatic rings. The lowest BCUT2D eigenvalue weighted by atomic mass is 10.1. The molecule has 0 spiro atoms. The van der Waals surface area contributed by atoms with Crippen LogP contribution in [0.15, 0.2) is 60.1 Å². The summed E-state index contributed by atoms with van der Waals surface area (Å²) >= 11 is 0. The lowest BCUT2D eigenvalue weighted by Gasteiger charge is -2.23. The molecule has 0 atom stereocenters. The number of hydrogen-bond acceptors (Lipinski definition) is 2. The molecular weight excluding hydrogens is 200 g/mol. The highest BCUT2D eigenvalue weighted by Crippen LogP contribution is 2.38. The van der Waals surface area contributed by atoms with Crippen molar-refractivity contribution in [2.45, 2.75) is 13.8 Å². The number of benzene rings is 1. The van der Waals surface area contributed by atoms with Gasteiger partial charge in [-0.25, -0.2) is 0 Å². The Morgan fingerprint density at radius 3 is 1.56 bits per heavy atom. The fourth-order valence-electron chi connectivity index (χ4n) is 1.49. The molecule has 0 saturated carbocycles. The van der Waals surface area contributed by atoms with E-state index >= 15 is 0 Å². The van der Waals surface area contributed by atoms with E-state index in [-0.39, 0.29) is 0 Å². The van der Waals surface area contributed by atoms with Crippen molar-refractivity contribution in [1.29, 1.82) is 0 Å². The molecule has 0 N–H and O–H groups in total. The zero-order valence-electron chi connectivity index (χ0n) is 9.54. The Hall–Kier alpha value is -1.96. The van der Waals surface area contributed by atoms with E-state index in [1.165, 1.54) is 0 Å². The van der Waals surface area contributed by atoms with Crippen LogP contribution in [0.2, 0.25) is 0 Å². The summed E-state index contributed by atoms with van der Waals surface area (Å²) in [5.74, 6) is 2.74. The van der Waals surface area contributed by atoms with Gasteiger partial charge < -0.3 is 9.47 Å². The summed E-state index contributed by atoms with van der Waals surface area (Å²) in [6.45, 7) is 11.5. The molecular formula is C14H14O2. The van der Waals surface area contributed by atoms with E-state index < -0.39 is 0 Å².